The maximum absolute atomic E-state index is 12.5. The van der Waals surface area contributed by atoms with Crippen LogP contribution in [0.3, 0.4) is 0 Å². The Hall–Kier alpha value is -2.05. The summed E-state index contributed by atoms with van der Waals surface area (Å²) >= 11 is 0. The van der Waals surface area contributed by atoms with Crippen LogP contribution < -0.4 is 10.1 Å². The fraction of sp³-hybridized carbons (Fsp3) is 0.294. The summed E-state index contributed by atoms with van der Waals surface area (Å²) in [5.41, 5.74) is 0.880. The number of aliphatic hydroxyl groups is 1. The van der Waals surface area contributed by atoms with Gasteiger partial charge < -0.3 is 15.2 Å². The minimum Gasteiger partial charge on any atom is -0.497 e. The molecule has 6 heteroatoms. The van der Waals surface area contributed by atoms with Crippen LogP contribution in [-0.2, 0) is 12.7 Å². The van der Waals surface area contributed by atoms with E-state index >= 15 is 0 Å². The molecule has 2 aromatic rings. The van der Waals surface area contributed by atoms with Crippen molar-refractivity contribution < 1.29 is 23.0 Å². The van der Waals surface area contributed by atoms with Gasteiger partial charge in [-0.3, -0.25) is 0 Å². The number of aliphatic hydroxyl groups excluding tert-OH is 1. The first-order chi connectivity index (χ1) is 10.9. The van der Waals surface area contributed by atoms with Crippen molar-refractivity contribution in [3.05, 3.63) is 65.2 Å². The second-order valence-corrected chi connectivity index (χ2v) is 5.09. The summed E-state index contributed by atoms with van der Waals surface area (Å²) in [5.74, 6) is 0.678. The van der Waals surface area contributed by atoms with Crippen molar-refractivity contribution in [3.63, 3.8) is 0 Å². The van der Waals surface area contributed by atoms with Gasteiger partial charge in [0.2, 0.25) is 0 Å². The molecule has 0 saturated heterocycles. The number of methoxy groups -OCH3 is 1. The smallest absolute Gasteiger partial charge is 0.416 e. The largest absolute Gasteiger partial charge is 0.497 e. The highest BCUT2D eigenvalue weighted by Gasteiger charge is 2.29. The first kappa shape index (κ1) is 17.3. The molecule has 1 unspecified atom stereocenters. The lowest BCUT2D eigenvalue weighted by atomic mass is 10.1. The molecule has 2 N–H and O–H groups in total. The van der Waals surface area contributed by atoms with Crippen LogP contribution in [0.15, 0.2) is 48.5 Å². The zero-order chi connectivity index (χ0) is 16.9. The summed E-state index contributed by atoms with van der Waals surface area (Å²) in [5, 5.41) is 12.6. The minimum atomic E-state index is -4.33. The Labute approximate surface area is 132 Å². The first-order valence-corrected chi connectivity index (χ1v) is 7.08. The van der Waals surface area contributed by atoms with Crippen LogP contribution >= 0.6 is 0 Å². The highest BCUT2D eigenvalue weighted by atomic mass is 19.4. The fourth-order valence-electron chi connectivity index (χ4n) is 2.20. The molecule has 0 spiro atoms. The first-order valence-electron chi connectivity index (χ1n) is 7.08. The van der Waals surface area contributed by atoms with Crippen LogP contribution in [0.5, 0.6) is 5.75 Å². The van der Waals surface area contributed by atoms with Gasteiger partial charge >= 0.3 is 6.18 Å². The molecule has 124 valence electrons. The van der Waals surface area contributed by atoms with Gasteiger partial charge in [0.05, 0.1) is 25.3 Å². The molecular formula is C17H18F3NO2. The second kappa shape index (κ2) is 7.48. The number of hydrogen-bond acceptors (Lipinski definition) is 3. The molecular weight excluding hydrogens is 307 g/mol. The molecule has 0 saturated carbocycles. The van der Waals surface area contributed by atoms with E-state index in [-0.39, 0.29) is 12.6 Å². The third kappa shape index (κ3) is 4.71. The Bertz CT molecular complexity index is 626. The Morgan fingerprint density at radius 1 is 1.13 bits per heavy atom. The molecule has 0 bridgehead atoms. The average Bonchev–Trinajstić information content (AvgIpc) is 2.55. The predicted octanol–water partition coefficient (Wildman–Crippen LogP) is 3.54. The minimum absolute atomic E-state index is 0.131. The molecule has 0 aliphatic heterocycles. The molecule has 1 atom stereocenters. The summed E-state index contributed by atoms with van der Waals surface area (Å²) in [6.07, 6.45) is -4.33. The van der Waals surface area contributed by atoms with Crippen LogP contribution in [-0.4, -0.2) is 18.8 Å². The molecule has 2 aromatic carbocycles. The van der Waals surface area contributed by atoms with Crippen molar-refractivity contribution in [2.75, 3.05) is 13.7 Å². The number of benzene rings is 2. The standard InChI is InChI=1S/C17H18F3NO2/c1-23-15-4-2-3-13(9-15)16(11-22)21-10-12-5-7-14(8-6-12)17(18,19)20/h2-9,16,21-22H,10-11H2,1H3. The third-order valence-electron chi connectivity index (χ3n) is 3.51. The molecule has 0 aliphatic carbocycles. The Balaban J connectivity index is 2.02. The van der Waals surface area contributed by atoms with Crippen LogP contribution in [0.25, 0.3) is 0 Å². The lowest BCUT2D eigenvalue weighted by molar-refractivity contribution is -0.137. The SMILES string of the molecule is COc1cccc(C(CO)NCc2ccc(C(F)(F)F)cc2)c1. The molecule has 0 heterocycles. The van der Waals surface area contributed by atoms with Crippen molar-refractivity contribution in [3.8, 4) is 5.75 Å². The Morgan fingerprint density at radius 2 is 1.83 bits per heavy atom. The molecule has 0 radical (unpaired) electrons. The lowest BCUT2D eigenvalue weighted by Crippen LogP contribution is -2.24. The molecule has 0 fully saturated rings. The van der Waals surface area contributed by atoms with Crippen molar-refractivity contribution in [2.24, 2.45) is 0 Å². The van der Waals surface area contributed by atoms with E-state index in [9.17, 15) is 18.3 Å². The highest BCUT2D eigenvalue weighted by Crippen LogP contribution is 2.29. The number of hydrogen-bond donors (Lipinski definition) is 2. The van der Waals surface area contributed by atoms with E-state index < -0.39 is 11.7 Å². The van der Waals surface area contributed by atoms with Gasteiger partial charge in [-0.1, -0.05) is 24.3 Å². The Kier molecular flexibility index (Phi) is 5.63. The van der Waals surface area contributed by atoms with Crippen molar-refractivity contribution in [1.82, 2.24) is 5.32 Å². The van der Waals surface area contributed by atoms with Gasteiger partial charge in [-0.15, -0.1) is 0 Å². The molecule has 3 nitrogen and oxygen atoms in total. The zero-order valence-corrected chi connectivity index (χ0v) is 12.6. The molecule has 0 aliphatic rings. The maximum atomic E-state index is 12.5. The molecule has 23 heavy (non-hydrogen) atoms. The summed E-state index contributed by atoms with van der Waals surface area (Å²) in [6, 6.07) is 11.9. The van der Waals surface area contributed by atoms with E-state index in [0.717, 1.165) is 17.7 Å². The number of rotatable bonds is 6. The zero-order valence-electron chi connectivity index (χ0n) is 12.6. The quantitative estimate of drug-likeness (QED) is 0.854. The van der Waals surface area contributed by atoms with Crippen molar-refractivity contribution in [2.45, 2.75) is 18.8 Å². The normalized spacial score (nSPS) is 12.9. The molecule has 0 amide bonds. The van der Waals surface area contributed by atoms with Crippen LogP contribution in [0, 0.1) is 0 Å². The third-order valence-corrected chi connectivity index (χ3v) is 3.51. The van der Waals surface area contributed by atoms with Crippen LogP contribution in [0.1, 0.15) is 22.7 Å². The summed E-state index contributed by atoms with van der Waals surface area (Å²) in [4.78, 5) is 0. The van der Waals surface area contributed by atoms with Gasteiger partial charge in [0.15, 0.2) is 0 Å². The average molecular weight is 325 g/mol. The molecule has 2 rings (SSSR count). The van der Waals surface area contributed by atoms with E-state index in [1.165, 1.54) is 12.1 Å². The number of nitrogens with one attached hydrogen (secondary N) is 1. The summed E-state index contributed by atoms with van der Waals surface area (Å²) in [7, 11) is 1.56. The van der Waals surface area contributed by atoms with E-state index in [4.69, 9.17) is 4.74 Å². The second-order valence-electron chi connectivity index (χ2n) is 5.09. The summed E-state index contributed by atoms with van der Waals surface area (Å²) < 4.78 is 42.7. The number of ether oxygens (including phenoxy) is 1. The topological polar surface area (TPSA) is 41.5 Å². The monoisotopic (exact) mass is 325 g/mol. The van der Waals surface area contributed by atoms with Gasteiger partial charge in [-0.2, -0.15) is 13.2 Å². The van der Waals surface area contributed by atoms with E-state index in [2.05, 4.69) is 5.32 Å². The van der Waals surface area contributed by atoms with Gasteiger partial charge in [-0.25, -0.2) is 0 Å². The number of halogens is 3. The van der Waals surface area contributed by atoms with Crippen molar-refractivity contribution >= 4 is 0 Å². The van der Waals surface area contributed by atoms with Gasteiger partial charge in [0.25, 0.3) is 0 Å². The van der Waals surface area contributed by atoms with Gasteiger partial charge in [0, 0.05) is 6.54 Å². The van der Waals surface area contributed by atoms with E-state index in [1.807, 2.05) is 12.1 Å². The number of alkyl halides is 3. The van der Waals surface area contributed by atoms with E-state index in [0.29, 0.717) is 17.9 Å². The maximum Gasteiger partial charge on any atom is 0.416 e. The predicted molar refractivity (Wildman–Crippen MR) is 81.1 cm³/mol. The van der Waals surface area contributed by atoms with Crippen LogP contribution in [0.4, 0.5) is 13.2 Å². The summed E-state index contributed by atoms with van der Waals surface area (Å²) in [6.45, 7) is 0.217. The lowest BCUT2D eigenvalue weighted by Gasteiger charge is -2.18. The van der Waals surface area contributed by atoms with Gasteiger partial charge in [0.1, 0.15) is 5.75 Å². The van der Waals surface area contributed by atoms with Gasteiger partial charge in [-0.05, 0) is 35.4 Å². The molecule has 0 aromatic heterocycles. The Morgan fingerprint density at radius 3 is 2.39 bits per heavy atom. The highest BCUT2D eigenvalue weighted by molar-refractivity contribution is 5.31. The van der Waals surface area contributed by atoms with E-state index in [1.54, 1.807) is 19.2 Å². The fourth-order valence-corrected chi connectivity index (χ4v) is 2.20. The van der Waals surface area contributed by atoms with Crippen LogP contribution in [0.2, 0.25) is 0 Å². The van der Waals surface area contributed by atoms with Crippen molar-refractivity contribution in [1.29, 1.82) is 0 Å².